The number of aromatic nitrogens is 3. The summed E-state index contributed by atoms with van der Waals surface area (Å²) < 4.78 is 28.9. The van der Waals surface area contributed by atoms with Crippen LogP contribution in [0.5, 0.6) is 5.75 Å². The summed E-state index contributed by atoms with van der Waals surface area (Å²) in [5.41, 5.74) is 3.05. The van der Waals surface area contributed by atoms with E-state index >= 15 is 0 Å². The van der Waals surface area contributed by atoms with Crippen LogP contribution in [0.15, 0.2) is 111 Å². The summed E-state index contributed by atoms with van der Waals surface area (Å²) in [5.74, 6) is 0.298. The van der Waals surface area contributed by atoms with Gasteiger partial charge in [-0.2, -0.15) is 9.78 Å². The fraction of sp³-hybridized carbons (Fsp3) is 0.0857. The monoisotopic (exact) mass is 599 g/mol. The molecule has 0 atom stereocenters. The number of carbonyl (C=O) groups is 1. The number of carbonyl (C=O) groups excluding carboxylic acids is 1. The van der Waals surface area contributed by atoms with Crippen molar-refractivity contribution in [2.24, 2.45) is 5.10 Å². The van der Waals surface area contributed by atoms with E-state index in [1.807, 2.05) is 60.0 Å². The molecule has 0 aliphatic heterocycles. The maximum absolute atomic E-state index is 14.2. The molecular weight excluding hydrogens is 573 g/mol. The number of furan rings is 1. The van der Waals surface area contributed by atoms with Crippen LogP contribution >= 0.6 is 0 Å². The Morgan fingerprint density at radius 3 is 2.56 bits per heavy atom. The van der Waals surface area contributed by atoms with Gasteiger partial charge in [0.1, 0.15) is 23.7 Å². The highest BCUT2D eigenvalue weighted by Gasteiger charge is 2.19. The summed E-state index contributed by atoms with van der Waals surface area (Å²) in [4.78, 5) is 31.6. The van der Waals surface area contributed by atoms with E-state index in [0.717, 1.165) is 22.0 Å². The highest BCUT2D eigenvalue weighted by molar-refractivity contribution is 6.02. The molecule has 0 unspecified atom stereocenters. The predicted molar refractivity (Wildman–Crippen MR) is 172 cm³/mol. The van der Waals surface area contributed by atoms with Crippen LogP contribution in [0.2, 0.25) is 0 Å². The maximum atomic E-state index is 14.2. The van der Waals surface area contributed by atoms with Crippen molar-refractivity contribution in [2.75, 3.05) is 12.4 Å². The molecule has 1 amide bonds. The number of amides is 1. The van der Waals surface area contributed by atoms with Crippen LogP contribution in [-0.2, 0) is 11.3 Å². The van der Waals surface area contributed by atoms with E-state index in [2.05, 4.69) is 10.4 Å². The van der Waals surface area contributed by atoms with Crippen molar-refractivity contribution in [1.82, 2.24) is 14.2 Å². The SMILES string of the molecule is COc1cccc2oc(-c3nc4ccccc4c(=O)n3N=Cc3c(C)n(CC(=O)Nc4ccccc4F)c4ccccc34)cc12. The molecule has 7 aromatic rings. The van der Waals surface area contributed by atoms with Crippen molar-refractivity contribution in [2.45, 2.75) is 13.5 Å². The minimum Gasteiger partial charge on any atom is -0.496 e. The first-order valence-corrected chi connectivity index (χ1v) is 14.2. The van der Waals surface area contributed by atoms with Crippen LogP contribution in [-0.4, -0.2) is 33.5 Å². The third-order valence-electron chi connectivity index (χ3n) is 7.75. The van der Waals surface area contributed by atoms with Gasteiger partial charge in [0.2, 0.25) is 11.7 Å². The van der Waals surface area contributed by atoms with Crippen LogP contribution in [0.1, 0.15) is 11.3 Å². The van der Waals surface area contributed by atoms with Gasteiger partial charge < -0.3 is 19.0 Å². The van der Waals surface area contributed by atoms with Gasteiger partial charge in [-0.3, -0.25) is 9.59 Å². The smallest absolute Gasteiger partial charge is 0.282 e. The van der Waals surface area contributed by atoms with Gasteiger partial charge in [-0.05, 0) is 55.5 Å². The topological polar surface area (TPSA) is 104 Å². The van der Waals surface area contributed by atoms with E-state index in [4.69, 9.17) is 14.1 Å². The Kier molecular flexibility index (Phi) is 6.94. The molecule has 9 nitrogen and oxygen atoms in total. The Morgan fingerprint density at radius 2 is 1.73 bits per heavy atom. The molecule has 4 aromatic carbocycles. The molecule has 0 fully saturated rings. The Balaban J connectivity index is 1.34. The summed E-state index contributed by atoms with van der Waals surface area (Å²) in [7, 11) is 1.58. The lowest BCUT2D eigenvalue weighted by Gasteiger charge is -2.10. The molecule has 222 valence electrons. The standard InChI is InChI=1S/C35H26FN5O4/c1-21-25(22-10-4-8-15-29(22)40(21)20-33(42)38-28-14-7-5-12-26(28)36)19-37-41-34(39-27-13-6-3-11-23(27)35(41)43)32-18-24-30(44-2)16-9-17-31(24)45-32/h3-19H,20H2,1-2H3,(H,38,42). The van der Waals surface area contributed by atoms with Gasteiger partial charge in [0.05, 0.1) is 35.3 Å². The molecule has 10 heteroatoms. The summed E-state index contributed by atoms with van der Waals surface area (Å²) in [6.07, 6.45) is 1.59. The lowest BCUT2D eigenvalue weighted by molar-refractivity contribution is -0.116. The fourth-order valence-electron chi connectivity index (χ4n) is 5.55. The first-order valence-electron chi connectivity index (χ1n) is 14.2. The molecule has 0 saturated carbocycles. The molecule has 0 radical (unpaired) electrons. The number of fused-ring (bicyclic) bond motifs is 3. The van der Waals surface area contributed by atoms with Crippen molar-refractivity contribution in [3.8, 4) is 17.3 Å². The molecule has 0 aliphatic carbocycles. The largest absolute Gasteiger partial charge is 0.496 e. The van der Waals surface area contributed by atoms with Crippen molar-refractivity contribution in [3.05, 3.63) is 124 Å². The minimum absolute atomic E-state index is 0.0575. The van der Waals surface area contributed by atoms with E-state index < -0.39 is 5.82 Å². The molecule has 7 rings (SSSR count). The van der Waals surface area contributed by atoms with Gasteiger partial charge in [-0.1, -0.05) is 48.5 Å². The van der Waals surface area contributed by atoms with E-state index in [1.165, 1.54) is 16.8 Å². The number of nitrogens with one attached hydrogen (secondary N) is 1. The zero-order chi connectivity index (χ0) is 31.1. The molecular formula is C35H26FN5O4. The number of rotatable bonds is 7. The Labute approximate surface area is 255 Å². The lowest BCUT2D eigenvalue weighted by atomic mass is 10.1. The molecule has 0 aliphatic rings. The van der Waals surface area contributed by atoms with Crippen LogP contribution < -0.4 is 15.6 Å². The van der Waals surface area contributed by atoms with Crippen LogP contribution in [0, 0.1) is 12.7 Å². The third kappa shape index (κ3) is 4.92. The minimum atomic E-state index is -0.513. The zero-order valence-electron chi connectivity index (χ0n) is 24.3. The van der Waals surface area contributed by atoms with E-state index in [-0.39, 0.29) is 29.5 Å². The second-order valence-corrected chi connectivity index (χ2v) is 10.4. The van der Waals surface area contributed by atoms with Crippen molar-refractivity contribution < 1.29 is 18.3 Å². The first kappa shape index (κ1) is 27.8. The van der Waals surface area contributed by atoms with Gasteiger partial charge in [0.25, 0.3) is 5.56 Å². The molecule has 3 heterocycles. The second-order valence-electron chi connectivity index (χ2n) is 10.4. The van der Waals surface area contributed by atoms with Crippen LogP contribution in [0.4, 0.5) is 10.1 Å². The van der Waals surface area contributed by atoms with Crippen LogP contribution in [0.25, 0.3) is 44.4 Å². The lowest BCUT2D eigenvalue weighted by Crippen LogP contribution is -2.20. The van der Waals surface area contributed by atoms with E-state index in [1.54, 1.807) is 49.7 Å². The molecule has 45 heavy (non-hydrogen) atoms. The Hall–Kier alpha value is -6.03. The van der Waals surface area contributed by atoms with Crippen molar-refractivity contribution in [1.29, 1.82) is 0 Å². The van der Waals surface area contributed by atoms with E-state index in [9.17, 15) is 14.0 Å². The Bertz CT molecular complexity index is 2350. The van der Waals surface area contributed by atoms with Crippen molar-refractivity contribution in [3.63, 3.8) is 0 Å². The van der Waals surface area contributed by atoms with Gasteiger partial charge in [-0.25, -0.2) is 9.37 Å². The number of nitrogens with zero attached hydrogens (tertiary/aromatic N) is 4. The molecule has 0 spiro atoms. The normalized spacial score (nSPS) is 11.6. The number of hydrogen-bond acceptors (Lipinski definition) is 6. The average Bonchev–Trinajstić information content (AvgIpc) is 3.60. The number of benzene rings is 4. The summed E-state index contributed by atoms with van der Waals surface area (Å²) in [6.45, 7) is 1.81. The molecule has 3 aromatic heterocycles. The second kappa shape index (κ2) is 11.2. The summed E-state index contributed by atoms with van der Waals surface area (Å²) in [5, 5.41) is 9.27. The fourth-order valence-corrected chi connectivity index (χ4v) is 5.55. The highest BCUT2D eigenvalue weighted by atomic mass is 19.1. The van der Waals surface area contributed by atoms with Crippen molar-refractivity contribution >= 4 is 50.6 Å². The van der Waals surface area contributed by atoms with Gasteiger partial charge in [0, 0.05) is 22.2 Å². The average molecular weight is 600 g/mol. The zero-order valence-corrected chi connectivity index (χ0v) is 24.3. The van der Waals surface area contributed by atoms with Gasteiger partial charge >= 0.3 is 0 Å². The van der Waals surface area contributed by atoms with Crippen LogP contribution in [0.3, 0.4) is 0 Å². The maximum Gasteiger partial charge on any atom is 0.282 e. The highest BCUT2D eigenvalue weighted by Crippen LogP contribution is 2.33. The third-order valence-corrected chi connectivity index (χ3v) is 7.75. The van der Waals surface area contributed by atoms with E-state index in [0.29, 0.717) is 33.6 Å². The summed E-state index contributed by atoms with van der Waals surface area (Å²) in [6, 6.07) is 27.9. The molecule has 0 bridgehead atoms. The van der Waals surface area contributed by atoms with Gasteiger partial charge in [-0.15, -0.1) is 0 Å². The first-order chi connectivity index (χ1) is 21.9. The number of anilines is 1. The number of methoxy groups -OCH3 is 1. The quantitative estimate of drug-likeness (QED) is 0.204. The molecule has 0 saturated heterocycles. The number of para-hydroxylation sites is 3. The van der Waals surface area contributed by atoms with Gasteiger partial charge in [0.15, 0.2) is 5.76 Å². The number of halogens is 1. The predicted octanol–water partition coefficient (Wildman–Crippen LogP) is 6.74. The number of ether oxygens (including phenoxy) is 1. The summed E-state index contributed by atoms with van der Waals surface area (Å²) >= 11 is 0. The molecule has 1 N–H and O–H groups in total. The number of hydrogen-bond donors (Lipinski definition) is 1. The Morgan fingerprint density at radius 1 is 0.978 bits per heavy atom.